The highest BCUT2D eigenvalue weighted by Gasteiger charge is 2.13. The quantitative estimate of drug-likeness (QED) is 0.629. The minimum Gasteiger partial charge on any atom is -0.497 e. The van der Waals surface area contributed by atoms with Crippen molar-refractivity contribution in [2.75, 3.05) is 32.1 Å². The number of benzene rings is 1. The summed E-state index contributed by atoms with van der Waals surface area (Å²) in [5.41, 5.74) is 2.05. The number of hydrogen-bond donors (Lipinski definition) is 1. The Kier molecular flexibility index (Phi) is 7.51. The van der Waals surface area contributed by atoms with Crippen LogP contribution in [0.5, 0.6) is 5.75 Å². The molecule has 1 aromatic carbocycles. The number of rotatable bonds is 10. The third kappa shape index (κ3) is 5.60. The van der Waals surface area contributed by atoms with Gasteiger partial charge in [-0.25, -0.2) is 0 Å². The lowest BCUT2D eigenvalue weighted by molar-refractivity contribution is 0.181. The summed E-state index contributed by atoms with van der Waals surface area (Å²) in [4.78, 5) is 7.13. The van der Waals surface area contributed by atoms with Gasteiger partial charge in [0, 0.05) is 43.3 Å². The molecule has 0 aliphatic rings. The molecular formula is C21H33N3O. The van der Waals surface area contributed by atoms with E-state index in [9.17, 15) is 0 Å². The molecule has 25 heavy (non-hydrogen) atoms. The maximum absolute atomic E-state index is 5.42. The van der Waals surface area contributed by atoms with Crippen LogP contribution < -0.4 is 10.1 Å². The molecule has 0 amide bonds. The molecule has 0 saturated carbocycles. The Labute approximate surface area is 152 Å². The Balaban J connectivity index is 1.98. The molecule has 0 saturated heterocycles. The Hall–Kier alpha value is -1.81. The van der Waals surface area contributed by atoms with Crippen molar-refractivity contribution in [3.05, 3.63) is 30.5 Å². The van der Waals surface area contributed by atoms with Gasteiger partial charge in [-0.3, -0.25) is 4.98 Å². The number of nitrogens with zero attached hydrogens (tertiary/aromatic N) is 2. The maximum Gasteiger partial charge on any atom is 0.121 e. The van der Waals surface area contributed by atoms with Crippen LogP contribution in [0.15, 0.2) is 30.5 Å². The van der Waals surface area contributed by atoms with Gasteiger partial charge in [0.15, 0.2) is 0 Å². The zero-order chi connectivity index (χ0) is 18.2. The molecule has 2 rings (SSSR count). The topological polar surface area (TPSA) is 37.4 Å². The van der Waals surface area contributed by atoms with Gasteiger partial charge in [-0.1, -0.05) is 26.8 Å². The molecule has 1 aromatic heterocycles. The van der Waals surface area contributed by atoms with Crippen LogP contribution >= 0.6 is 0 Å². The predicted octanol–water partition coefficient (Wildman–Crippen LogP) is 4.80. The van der Waals surface area contributed by atoms with Gasteiger partial charge in [-0.2, -0.15) is 0 Å². The zero-order valence-corrected chi connectivity index (χ0v) is 16.4. The van der Waals surface area contributed by atoms with Crippen molar-refractivity contribution >= 4 is 16.6 Å². The van der Waals surface area contributed by atoms with Crippen LogP contribution in [0.25, 0.3) is 10.9 Å². The van der Waals surface area contributed by atoms with Gasteiger partial charge < -0.3 is 15.0 Å². The van der Waals surface area contributed by atoms with E-state index < -0.39 is 0 Å². The highest BCUT2D eigenvalue weighted by Crippen LogP contribution is 2.27. The summed E-state index contributed by atoms with van der Waals surface area (Å²) in [6, 6.07) is 8.74. The van der Waals surface area contributed by atoms with Gasteiger partial charge in [-0.05, 0) is 37.8 Å². The Morgan fingerprint density at radius 1 is 1.24 bits per heavy atom. The number of hydrogen-bond acceptors (Lipinski definition) is 4. The average Bonchev–Trinajstić information content (AvgIpc) is 2.62. The summed E-state index contributed by atoms with van der Waals surface area (Å²) in [6.07, 6.45) is 4.15. The van der Waals surface area contributed by atoms with Crippen LogP contribution in [-0.2, 0) is 0 Å². The molecule has 1 atom stereocenters. The van der Waals surface area contributed by atoms with E-state index >= 15 is 0 Å². The van der Waals surface area contributed by atoms with Gasteiger partial charge in [0.2, 0.25) is 0 Å². The van der Waals surface area contributed by atoms with E-state index in [1.165, 1.54) is 13.0 Å². The monoisotopic (exact) mass is 343 g/mol. The maximum atomic E-state index is 5.42. The number of nitrogens with one attached hydrogen (secondary N) is 1. The molecule has 4 nitrogen and oxygen atoms in total. The fourth-order valence-electron chi connectivity index (χ4n) is 3.14. The van der Waals surface area contributed by atoms with Crippen molar-refractivity contribution in [1.29, 1.82) is 0 Å². The minimum absolute atomic E-state index is 0.640. The first-order chi connectivity index (χ1) is 12.0. The largest absolute Gasteiger partial charge is 0.497 e. The lowest BCUT2D eigenvalue weighted by atomic mass is 10.1. The Morgan fingerprint density at radius 3 is 2.72 bits per heavy atom. The van der Waals surface area contributed by atoms with E-state index in [0.29, 0.717) is 12.0 Å². The lowest BCUT2D eigenvalue weighted by Crippen LogP contribution is -2.37. The molecule has 4 heteroatoms. The fourth-order valence-corrected chi connectivity index (χ4v) is 3.14. The Morgan fingerprint density at radius 2 is 2.04 bits per heavy atom. The van der Waals surface area contributed by atoms with Crippen LogP contribution in [0.2, 0.25) is 0 Å². The van der Waals surface area contributed by atoms with E-state index in [1.54, 1.807) is 7.11 Å². The van der Waals surface area contributed by atoms with Gasteiger partial charge in [-0.15, -0.1) is 0 Å². The number of aromatic nitrogens is 1. The second-order valence-corrected chi connectivity index (χ2v) is 7.18. The molecule has 0 unspecified atom stereocenters. The van der Waals surface area contributed by atoms with Gasteiger partial charge in [0.1, 0.15) is 5.75 Å². The number of pyridine rings is 1. The van der Waals surface area contributed by atoms with Crippen LogP contribution in [-0.4, -0.2) is 42.7 Å². The molecule has 2 aromatic rings. The second kappa shape index (κ2) is 9.62. The van der Waals surface area contributed by atoms with Gasteiger partial charge in [0.25, 0.3) is 0 Å². The third-order valence-electron chi connectivity index (χ3n) is 4.67. The summed E-state index contributed by atoms with van der Waals surface area (Å²) in [5.74, 6) is 1.57. The second-order valence-electron chi connectivity index (χ2n) is 7.18. The number of ether oxygens (including phenoxy) is 1. The average molecular weight is 344 g/mol. The van der Waals surface area contributed by atoms with Crippen molar-refractivity contribution < 1.29 is 4.74 Å². The van der Waals surface area contributed by atoms with Crippen molar-refractivity contribution in [2.24, 2.45) is 5.92 Å². The van der Waals surface area contributed by atoms with Crippen LogP contribution in [0.4, 0.5) is 5.69 Å². The molecule has 1 N–H and O–H groups in total. The van der Waals surface area contributed by atoms with E-state index in [-0.39, 0.29) is 0 Å². The smallest absolute Gasteiger partial charge is 0.121 e. The zero-order valence-electron chi connectivity index (χ0n) is 16.4. The molecule has 0 bridgehead atoms. The summed E-state index contributed by atoms with van der Waals surface area (Å²) >= 11 is 0. The lowest BCUT2D eigenvalue weighted by Gasteiger charge is -2.30. The first kappa shape index (κ1) is 19.5. The van der Waals surface area contributed by atoms with E-state index in [4.69, 9.17) is 4.74 Å². The molecule has 0 aliphatic heterocycles. The number of anilines is 1. The van der Waals surface area contributed by atoms with E-state index in [0.717, 1.165) is 41.9 Å². The SMILES string of the molecule is CC[C@H](C)N(CCCNc1cc(OC)cc2cccnc12)CC(C)C. The van der Waals surface area contributed by atoms with Crippen LogP contribution in [0, 0.1) is 5.92 Å². The van der Waals surface area contributed by atoms with Gasteiger partial charge >= 0.3 is 0 Å². The molecule has 1 heterocycles. The van der Waals surface area contributed by atoms with Crippen molar-refractivity contribution in [3.63, 3.8) is 0 Å². The van der Waals surface area contributed by atoms with E-state index in [2.05, 4.69) is 49.0 Å². The van der Waals surface area contributed by atoms with Crippen LogP contribution in [0.1, 0.15) is 40.5 Å². The molecule has 0 aliphatic carbocycles. The molecular weight excluding hydrogens is 310 g/mol. The summed E-state index contributed by atoms with van der Waals surface area (Å²) in [7, 11) is 1.71. The minimum atomic E-state index is 0.640. The molecule has 138 valence electrons. The van der Waals surface area contributed by atoms with Crippen molar-refractivity contribution in [1.82, 2.24) is 9.88 Å². The highest BCUT2D eigenvalue weighted by atomic mass is 16.5. The standard InChI is InChI=1S/C21H33N3O/c1-6-17(4)24(15-16(2)3)12-8-11-22-20-14-19(25-5)13-18-9-7-10-23-21(18)20/h7,9-10,13-14,16-17,22H,6,8,11-12,15H2,1-5H3/t17-/m0/s1. The fraction of sp³-hybridized carbons (Fsp3) is 0.571. The molecule has 0 radical (unpaired) electrons. The van der Waals surface area contributed by atoms with Crippen molar-refractivity contribution in [3.8, 4) is 5.75 Å². The summed E-state index contributed by atoms with van der Waals surface area (Å²) in [6.45, 7) is 12.4. The summed E-state index contributed by atoms with van der Waals surface area (Å²) in [5, 5.41) is 4.66. The van der Waals surface area contributed by atoms with Crippen LogP contribution in [0.3, 0.4) is 0 Å². The molecule has 0 fully saturated rings. The first-order valence-electron chi connectivity index (χ1n) is 9.45. The Bertz CT molecular complexity index is 657. The number of fused-ring (bicyclic) bond motifs is 1. The third-order valence-corrected chi connectivity index (χ3v) is 4.67. The van der Waals surface area contributed by atoms with E-state index in [1.807, 2.05) is 24.4 Å². The molecule has 0 spiro atoms. The van der Waals surface area contributed by atoms with Gasteiger partial charge in [0.05, 0.1) is 18.3 Å². The van der Waals surface area contributed by atoms with Crippen molar-refractivity contribution in [2.45, 2.75) is 46.6 Å². The normalized spacial score (nSPS) is 12.8. The number of methoxy groups -OCH3 is 1. The highest BCUT2D eigenvalue weighted by molar-refractivity contribution is 5.91. The summed E-state index contributed by atoms with van der Waals surface area (Å²) < 4.78 is 5.42. The predicted molar refractivity (Wildman–Crippen MR) is 108 cm³/mol. The first-order valence-corrected chi connectivity index (χ1v) is 9.45.